The number of hydrogen-bond acceptors (Lipinski definition) is 5. The van der Waals surface area contributed by atoms with E-state index >= 15 is 0 Å². The van der Waals surface area contributed by atoms with E-state index in [2.05, 4.69) is 5.32 Å². The van der Waals surface area contributed by atoms with Crippen LogP contribution in [0.5, 0.6) is 0 Å². The summed E-state index contributed by atoms with van der Waals surface area (Å²) in [6, 6.07) is 0. The van der Waals surface area contributed by atoms with Crippen LogP contribution in [-0.2, 0) is 23.8 Å². The summed E-state index contributed by atoms with van der Waals surface area (Å²) < 4.78 is 16.4. The first-order valence-corrected chi connectivity index (χ1v) is 6.42. The maximum atomic E-state index is 12.0. The highest BCUT2D eigenvalue weighted by Crippen LogP contribution is 2.45. The van der Waals surface area contributed by atoms with E-state index < -0.39 is 0 Å². The monoisotopic (exact) mass is 267 g/mol. The molecule has 0 spiro atoms. The molecule has 3 rings (SSSR count). The molecule has 2 heterocycles. The Kier molecular flexibility index (Phi) is 3.06. The van der Waals surface area contributed by atoms with Gasteiger partial charge in [-0.25, -0.2) is 0 Å². The van der Waals surface area contributed by atoms with Crippen LogP contribution in [0.15, 0.2) is 11.8 Å². The molecule has 0 aromatic heterocycles. The van der Waals surface area contributed by atoms with Gasteiger partial charge in [-0.3, -0.25) is 14.9 Å². The van der Waals surface area contributed by atoms with Crippen molar-refractivity contribution in [3.8, 4) is 0 Å². The molecular weight excluding hydrogens is 250 g/mol. The summed E-state index contributed by atoms with van der Waals surface area (Å²) in [5.74, 6) is -0.546. The van der Waals surface area contributed by atoms with E-state index in [1.54, 1.807) is 14.2 Å². The zero-order valence-corrected chi connectivity index (χ0v) is 10.9. The molecule has 104 valence electrons. The van der Waals surface area contributed by atoms with Crippen LogP contribution in [0.3, 0.4) is 0 Å². The highest BCUT2D eigenvalue weighted by molar-refractivity contribution is 6.05. The molecule has 0 bridgehead atoms. The molecule has 5 atom stereocenters. The first kappa shape index (κ1) is 12.6. The lowest BCUT2D eigenvalue weighted by atomic mass is 9.72. The minimum absolute atomic E-state index is 0.172. The van der Waals surface area contributed by atoms with Crippen molar-refractivity contribution in [3.05, 3.63) is 11.8 Å². The van der Waals surface area contributed by atoms with Gasteiger partial charge < -0.3 is 14.2 Å². The molecule has 2 fully saturated rings. The summed E-state index contributed by atoms with van der Waals surface area (Å²) in [6.45, 7) is 0. The number of amides is 2. The number of ether oxygens (including phenoxy) is 3. The highest BCUT2D eigenvalue weighted by Gasteiger charge is 2.54. The predicted molar refractivity (Wildman–Crippen MR) is 63.6 cm³/mol. The lowest BCUT2D eigenvalue weighted by molar-refractivity contribution is -0.177. The molecule has 0 unspecified atom stereocenters. The second-order valence-electron chi connectivity index (χ2n) is 5.15. The minimum Gasteiger partial charge on any atom is -0.469 e. The maximum absolute atomic E-state index is 12.0. The summed E-state index contributed by atoms with van der Waals surface area (Å²) in [6.07, 6.45) is 2.44. The standard InChI is InChI=1S/C13H17NO5/c1-17-8-5-9(18-2)19-7-4-3-6-10(11(7)8)13(16)14-12(6)15/h4,6,8-11H,3,5H2,1-2H3,(H,14,15,16)/t6-,8-,9+,10-,11-/m1/s1. The number of carbonyl (C=O) groups is 2. The third kappa shape index (κ3) is 1.86. The van der Waals surface area contributed by atoms with Crippen LogP contribution in [0.2, 0.25) is 0 Å². The van der Waals surface area contributed by atoms with E-state index in [0.29, 0.717) is 12.8 Å². The molecule has 19 heavy (non-hydrogen) atoms. The Labute approximate surface area is 111 Å². The van der Waals surface area contributed by atoms with Crippen molar-refractivity contribution in [3.63, 3.8) is 0 Å². The van der Waals surface area contributed by atoms with Gasteiger partial charge in [-0.15, -0.1) is 0 Å². The molecular formula is C13H17NO5. The zero-order valence-electron chi connectivity index (χ0n) is 10.9. The van der Waals surface area contributed by atoms with Crippen molar-refractivity contribution < 1.29 is 23.8 Å². The molecule has 6 nitrogen and oxygen atoms in total. The smallest absolute Gasteiger partial charge is 0.231 e. The topological polar surface area (TPSA) is 73.9 Å². The van der Waals surface area contributed by atoms with Gasteiger partial charge in [0.05, 0.1) is 23.9 Å². The van der Waals surface area contributed by atoms with Crippen LogP contribution >= 0.6 is 0 Å². The molecule has 0 aromatic carbocycles. The number of nitrogens with one attached hydrogen (secondary N) is 1. The van der Waals surface area contributed by atoms with Crippen molar-refractivity contribution >= 4 is 11.8 Å². The zero-order chi connectivity index (χ0) is 13.6. The Balaban J connectivity index is 1.94. The Bertz CT molecular complexity index is 446. The van der Waals surface area contributed by atoms with Gasteiger partial charge in [0, 0.05) is 20.6 Å². The summed E-state index contributed by atoms with van der Waals surface area (Å²) in [5.41, 5.74) is 0. The SMILES string of the molecule is CO[C@@H]1C[C@@H](OC)[C@H]2C(=CC[C@H]3C(=O)NC(=O)[C@@H]23)O1. The Hall–Kier alpha value is -1.40. The van der Waals surface area contributed by atoms with Crippen LogP contribution < -0.4 is 5.32 Å². The molecule has 0 radical (unpaired) electrons. The van der Waals surface area contributed by atoms with Gasteiger partial charge in [0.1, 0.15) is 5.76 Å². The molecule has 1 aliphatic carbocycles. The second-order valence-corrected chi connectivity index (χ2v) is 5.15. The number of imide groups is 1. The van der Waals surface area contributed by atoms with Gasteiger partial charge >= 0.3 is 0 Å². The van der Waals surface area contributed by atoms with Crippen LogP contribution in [0.25, 0.3) is 0 Å². The van der Waals surface area contributed by atoms with Crippen LogP contribution in [-0.4, -0.2) is 38.4 Å². The lowest BCUT2D eigenvalue weighted by Crippen LogP contribution is -2.46. The fourth-order valence-corrected chi connectivity index (χ4v) is 3.33. The van der Waals surface area contributed by atoms with Crippen molar-refractivity contribution in [2.75, 3.05) is 14.2 Å². The molecule has 2 aliphatic heterocycles. The summed E-state index contributed by atoms with van der Waals surface area (Å²) in [5, 5.41) is 2.41. The molecule has 3 aliphatic rings. The maximum Gasteiger partial charge on any atom is 0.231 e. The first-order chi connectivity index (χ1) is 9.15. The van der Waals surface area contributed by atoms with Gasteiger partial charge in [0.25, 0.3) is 0 Å². The number of hydrogen-bond donors (Lipinski definition) is 1. The highest BCUT2D eigenvalue weighted by atomic mass is 16.7. The van der Waals surface area contributed by atoms with E-state index in [-0.39, 0.29) is 42.0 Å². The van der Waals surface area contributed by atoms with Crippen molar-refractivity contribution in [1.29, 1.82) is 0 Å². The largest absolute Gasteiger partial charge is 0.469 e. The summed E-state index contributed by atoms with van der Waals surface area (Å²) in [7, 11) is 3.19. The molecule has 0 aromatic rings. The quantitative estimate of drug-likeness (QED) is 0.723. The second kappa shape index (κ2) is 4.61. The Morgan fingerprint density at radius 1 is 1.21 bits per heavy atom. The van der Waals surface area contributed by atoms with Gasteiger partial charge in [-0.05, 0) is 12.5 Å². The summed E-state index contributed by atoms with van der Waals surface area (Å²) in [4.78, 5) is 23.7. The van der Waals surface area contributed by atoms with E-state index in [0.717, 1.165) is 5.76 Å². The van der Waals surface area contributed by atoms with Crippen LogP contribution in [0.4, 0.5) is 0 Å². The molecule has 0 saturated carbocycles. The average Bonchev–Trinajstić information content (AvgIpc) is 2.72. The van der Waals surface area contributed by atoms with Gasteiger partial charge in [0.15, 0.2) is 0 Å². The lowest BCUT2D eigenvalue weighted by Gasteiger charge is -2.42. The number of rotatable bonds is 2. The number of allylic oxidation sites excluding steroid dienone is 1. The predicted octanol–water partition coefficient (Wildman–Crippen LogP) is 0.187. The van der Waals surface area contributed by atoms with Gasteiger partial charge in [0.2, 0.25) is 18.1 Å². The molecule has 1 N–H and O–H groups in total. The third-order valence-electron chi connectivity index (χ3n) is 4.27. The molecule has 6 heteroatoms. The minimum atomic E-state index is -0.379. The van der Waals surface area contributed by atoms with Crippen LogP contribution in [0.1, 0.15) is 12.8 Å². The Morgan fingerprint density at radius 3 is 2.68 bits per heavy atom. The molecule has 2 saturated heterocycles. The van der Waals surface area contributed by atoms with Crippen molar-refractivity contribution in [2.45, 2.75) is 25.2 Å². The number of carbonyl (C=O) groups excluding carboxylic acids is 2. The summed E-state index contributed by atoms with van der Waals surface area (Å²) >= 11 is 0. The number of methoxy groups -OCH3 is 2. The molecule has 2 amide bonds. The normalized spacial score (nSPS) is 40.9. The van der Waals surface area contributed by atoms with E-state index in [4.69, 9.17) is 14.2 Å². The van der Waals surface area contributed by atoms with Crippen molar-refractivity contribution in [2.24, 2.45) is 17.8 Å². The van der Waals surface area contributed by atoms with E-state index in [9.17, 15) is 9.59 Å². The van der Waals surface area contributed by atoms with E-state index in [1.807, 2.05) is 6.08 Å². The fourth-order valence-electron chi connectivity index (χ4n) is 3.33. The Morgan fingerprint density at radius 2 is 2.00 bits per heavy atom. The first-order valence-electron chi connectivity index (χ1n) is 6.42. The van der Waals surface area contributed by atoms with E-state index in [1.165, 1.54) is 0 Å². The third-order valence-corrected chi connectivity index (χ3v) is 4.27. The van der Waals surface area contributed by atoms with Gasteiger partial charge in [-0.2, -0.15) is 0 Å². The van der Waals surface area contributed by atoms with Crippen LogP contribution in [0, 0.1) is 17.8 Å². The van der Waals surface area contributed by atoms with Gasteiger partial charge in [-0.1, -0.05) is 0 Å². The number of fused-ring (bicyclic) bond motifs is 3. The fraction of sp³-hybridized carbons (Fsp3) is 0.692. The average molecular weight is 267 g/mol. The van der Waals surface area contributed by atoms with Crippen molar-refractivity contribution in [1.82, 2.24) is 5.32 Å².